The van der Waals surface area contributed by atoms with Crippen LogP contribution in [0.15, 0.2) is 48.1 Å². The Morgan fingerprint density at radius 3 is 1.93 bits per heavy atom. The molecule has 0 saturated heterocycles. The van der Waals surface area contributed by atoms with Crippen molar-refractivity contribution in [2.24, 2.45) is 11.8 Å². The minimum absolute atomic E-state index is 0.00708. The van der Waals surface area contributed by atoms with Gasteiger partial charge in [-0.25, -0.2) is 17.6 Å². The second-order valence-electron chi connectivity index (χ2n) is 10.8. The van der Waals surface area contributed by atoms with Crippen molar-refractivity contribution >= 4 is 0 Å². The average Bonchev–Trinajstić information content (AvgIpc) is 2.87. The van der Waals surface area contributed by atoms with Crippen LogP contribution in [0.5, 0.6) is 5.75 Å². The molecule has 1 unspecified atom stereocenters. The van der Waals surface area contributed by atoms with E-state index in [0.717, 1.165) is 5.57 Å². The molecular weight excluding hydrogens is 559 g/mol. The van der Waals surface area contributed by atoms with Crippen LogP contribution in [0.3, 0.4) is 0 Å². The van der Waals surface area contributed by atoms with Crippen molar-refractivity contribution in [1.29, 1.82) is 0 Å². The van der Waals surface area contributed by atoms with Crippen LogP contribution < -0.4 is 4.74 Å². The molecule has 0 N–H and O–H groups in total. The van der Waals surface area contributed by atoms with Gasteiger partial charge in [-0.3, -0.25) is 0 Å². The highest BCUT2D eigenvalue weighted by Gasteiger charge is 2.45. The number of hydrogen-bond donors (Lipinski definition) is 0. The molecule has 1 atom stereocenters. The van der Waals surface area contributed by atoms with Gasteiger partial charge in [-0.2, -0.15) is 22.0 Å². The molecule has 4 rings (SSSR count). The van der Waals surface area contributed by atoms with E-state index in [1.54, 1.807) is 0 Å². The van der Waals surface area contributed by atoms with E-state index in [0.29, 0.717) is 50.5 Å². The molecule has 1 nitrogen and oxygen atoms in total. The molecule has 0 heterocycles. The van der Waals surface area contributed by atoms with Gasteiger partial charge >= 0.3 is 12.3 Å². The number of halogens is 9. The van der Waals surface area contributed by atoms with E-state index >= 15 is 0 Å². The van der Waals surface area contributed by atoms with E-state index in [9.17, 15) is 39.5 Å². The maximum Gasteiger partial charge on any atom is 0.422 e. The minimum Gasteiger partial charge on any atom is -0.432 e. The predicted octanol–water partition coefficient (Wildman–Crippen LogP) is 10.4. The van der Waals surface area contributed by atoms with Crippen LogP contribution in [-0.2, 0) is 12.6 Å². The van der Waals surface area contributed by atoms with Crippen LogP contribution in [0.2, 0.25) is 0 Å². The third-order valence-electron chi connectivity index (χ3n) is 8.11. The lowest BCUT2D eigenvalue weighted by molar-refractivity contribution is -0.223. The SMILES string of the molecule is C/C=C/CCc1cc(F)c(C2CC=C(C3CCC(C(F)(F)Oc4cc(F)c(C(F)(F)F)c(F)c4)CC3)CC2)c(F)c1. The summed E-state index contributed by atoms with van der Waals surface area (Å²) in [5.74, 6) is -7.81. The lowest BCUT2D eigenvalue weighted by atomic mass is 9.73. The van der Waals surface area contributed by atoms with Crippen molar-refractivity contribution in [3.63, 3.8) is 0 Å². The van der Waals surface area contributed by atoms with Gasteiger partial charge in [0.15, 0.2) is 0 Å². The van der Waals surface area contributed by atoms with E-state index in [1.807, 2.05) is 25.2 Å². The second kappa shape index (κ2) is 12.5. The molecule has 2 aromatic carbocycles. The summed E-state index contributed by atoms with van der Waals surface area (Å²) in [4.78, 5) is 0. The maximum absolute atomic E-state index is 14.8. The van der Waals surface area contributed by atoms with E-state index in [4.69, 9.17) is 0 Å². The van der Waals surface area contributed by atoms with Crippen LogP contribution in [-0.4, -0.2) is 6.11 Å². The van der Waals surface area contributed by atoms with Crippen LogP contribution in [0, 0.1) is 35.1 Å². The first-order chi connectivity index (χ1) is 19.3. The van der Waals surface area contributed by atoms with Gasteiger partial charge in [0.25, 0.3) is 0 Å². The number of aryl methyl sites for hydroxylation is 1. The first kappa shape index (κ1) is 31.0. The predicted molar refractivity (Wildman–Crippen MR) is 137 cm³/mol. The van der Waals surface area contributed by atoms with Gasteiger partial charge in [0, 0.05) is 17.7 Å². The average molecular weight is 591 g/mol. The Morgan fingerprint density at radius 2 is 1.41 bits per heavy atom. The molecule has 1 fully saturated rings. The molecule has 0 spiro atoms. The van der Waals surface area contributed by atoms with Crippen molar-refractivity contribution in [3.05, 3.63) is 88.0 Å². The summed E-state index contributed by atoms with van der Waals surface area (Å²) < 4.78 is 130. The summed E-state index contributed by atoms with van der Waals surface area (Å²) >= 11 is 0. The lowest BCUT2D eigenvalue weighted by Crippen LogP contribution is -2.37. The summed E-state index contributed by atoms with van der Waals surface area (Å²) in [6, 6.07) is 2.99. The van der Waals surface area contributed by atoms with Crippen LogP contribution in [0.1, 0.15) is 80.9 Å². The highest BCUT2D eigenvalue weighted by molar-refractivity contribution is 5.33. The number of ether oxygens (including phenoxy) is 1. The quantitative estimate of drug-likeness (QED) is 0.220. The maximum atomic E-state index is 14.8. The van der Waals surface area contributed by atoms with Crippen molar-refractivity contribution in [2.45, 2.75) is 82.9 Å². The summed E-state index contributed by atoms with van der Waals surface area (Å²) in [5.41, 5.74) is -0.439. The van der Waals surface area contributed by atoms with Crippen molar-refractivity contribution < 1.29 is 44.3 Å². The molecule has 2 aromatic rings. The van der Waals surface area contributed by atoms with Crippen LogP contribution in [0.25, 0.3) is 0 Å². The van der Waals surface area contributed by atoms with Gasteiger partial charge < -0.3 is 4.74 Å². The summed E-state index contributed by atoms with van der Waals surface area (Å²) in [6.45, 7) is 1.88. The molecule has 1 saturated carbocycles. The molecule has 10 heteroatoms. The Bertz CT molecular complexity index is 1240. The van der Waals surface area contributed by atoms with Gasteiger partial charge in [-0.05, 0) is 94.2 Å². The zero-order valence-corrected chi connectivity index (χ0v) is 22.4. The Morgan fingerprint density at radius 1 is 0.805 bits per heavy atom. The molecule has 0 aromatic heterocycles. The molecule has 0 radical (unpaired) electrons. The van der Waals surface area contributed by atoms with Crippen LogP contribution in [0.4, 0.5) is 39.5 Å². The second-order valence-corrected chi connectivity index (χ2v) is 10.8. The summed E-state index contributed by atoms with van der Waals surface area (Å²) in [5, 5.41) is 0. The molecule has 0 amide bonds. The summed E-state index contributed by atoms with van der Waals surface area (Å²) in [7, 11) is 0. The Balaban J connectivity index is 1.35. The van der Waals surface area contributed by atoms with Crippen molar-refractivity contribution in [1.82, 2.24) is 0 Å². The fourth-order valence-corrected chi connectivity index (χ4v) is 6.00. The van der Waals surface area contributed by atoms with E-state index in [1.165, 1.54) is 12.1 Å². The lowest BCUT2D eigenvalue weighted by Gasteiger charge is -2.35. The number of benzene rings is 2. The number of alkyl halides is 5. The Kier molecular flexibility index (Phi) is 9.49. The van der Waals surface area contributed by atoms with Crippen LogP contribution >= 0.6 is 0 Å². The topological polar surface area (TPSA) is 9.23 Å². The van der Waals surface area contributed by atoms with E-state index in [-0.39, 0.29) is 42.4 Å². The number of allylic oxidation sites excluding steroid dienone is 4. The van der Waals surface area contributed by atoms with Gasteiger partial charge in [-0.1, -0.05) is 23.8 Å². The Labute approximate surface area is 233 Å². The third kappa shape index (κ3) is 7.30. The smallest absolute Gasteiger partial charge is 0.422 e. The molecule has 2 aliphatic carbocycles. The number of rotatable bonds is 8. The van der Waals surface area contributed by atoms with Gasteiger partial charge in [0.05, 0.1) is 5.92 Å². The van der Waals surface area contributed by atoms with Gasteiger partial charge in [0.1, 0.15) is 34.6 Å². The highest BCUT2D eigenvalue weighted by Crippen LogP contribution is 2.46. The third-order valence-corrected chi connectivity index (χ3v) is 8.11. The largest absolute Gasteiger partial charge is 0.432 e. The first-order valence-corrected chi connectivity index (χ1v) is 13.7. The minimum atomic E-state index is -5.32. The monoisotopic (exact) mass is 590 g/mol. The standard InChI is InChI=1S/C31H31F9O/c1-2-3-4-5-18-14-24(32)28(25(33)15-18)21-8-6-19(7-9-21)20-10-12-22(13-11-20)31(39,40)41-23-16-26(34)29(27(35)17-23)30(36,37)38/h2-3,6,14-17,20-22H,4-5,7-13H2,1H3/b3-2+. The fraction of sp³-hybridized carbons (Fsp3) is 0.484. The van der Waals surface area contributed by atoms with Crippen molar-refractivity contribution in [2.75, 3.05) is 0 Å². The van der Waals surface area contributed by atoms with E-state index in [2.05, 4.69) is 4.74 Å². The molecule has 41 heavy (non-hydrogen) atoms. The van der Waals surface area contributed by atoms with Crippen molar-refractivity contribution in [3.8, 4) is 5.75 Å². The normalized spacial score (nSPS) is 22.2. The zero-order valence-electron chi connectivity index (χ0n) is 22.4. The molecule has 0 aliphatic heterocycles. The summed E-state index contributed by atoms with van der Waals surface area (Å²) in [6.07, 6.45) is 0.210. The van der Waals surface area contributed by atoms with Gasteiger partial charge in [0.2, 0.25) is 0 Å². The molecule has 0 bridgehead atoms. The molecular formula is C31H31F9O. The molecule has 224 valence electrons. The van der Waals surface area contributed by atoms with Gasteiger partial charge in [-0.15, -0.1) is 0 Å². The fourth-order valence-electron chi connectivity index (χ4n) is 6.00. The zero-order chi connectivity index (χ0) is 29.9. The highest BCUT2D eigenvalue weighted by atomic mass is 19.4. The van der Waals surface area contributed by atoms with E-state index < -0.39 is 52.8 Å². The number of hydrogen-bond acceptors (Lipinski definition) is 1. The Hall–Kier alpha value is -2.91. The first-order valence-electron chi connectivity index (χ1n) is 13.7. The molecule has 2 aliphatic rings.